The first-order valence-electron chi connectivity index (χ1n) is 5.38. The summed E-state index contributed by atoms with van der Waals surface area (Å²) in [4.78, 5) is 10.9. The summed E-state index contributed by atoms with van der Waals surface area (Å²) in [7, 11) is 1.83. The van der Waals surface area contributed by atoms with E-state index in [1.54, 1.807) is 0 Å². The van der Waals surface area contributed by atoms with Gasteiger partial charge in [0.1, 0.15) is 5.82 Å². The van der Waals surface area contributed by atoms with Gasteiger partial charge in [0.25, 0.3) is 0 Å². The Morgan fingerprint density at radius 1 is 1.47 bits per heavy atom. The van der Waals surface area contributed by atoms with Crippen LogP contribution in [-0.2, 0) is 0 Å². The Bertz CT molecular complexity index is 322. The summed E-state index contributed by atoms with van der Waals surface area (Å²) in [6.07, 6.45) is 1.86. The summed E-state index contributed by atoms with van der Waals surface area (Å²) in [5.41, 5.74) is 1.12. The molecule has 4 nitrogen and oxygen atoms in total. The fraction of sp³-hybridized carbons (Fsp3) is 0.636. The van der Waals surface area contributed by atoms with E-state index in [1.165, 1.54) is 0 Å². The normalized spacial score (nSPS) is 10.5. The molecule has 0 amide bonds. The van der Waals surface area contributed by atoms with Crippen molar-refractivity contribution >= 4 is 11.8 Å². The van der Waals surface area contributed by atoms with Gasteiger partial charge in [0.15, 0.2) is 0 Å². The summed E-state index contributed by atoms with van der Waals surface area (Å²) in [6, 6.07) is 0.452. The third-order valence-electron chi connectivity index (χ3n) is 2.40. The standard InChI is InChI=1S/C11H20N4/c1-6-15(8(2)3)10-9(4)7-13-11(12-5)14-10/h7-8H,6H2,1-5H3,(H,12,13,14). The second-order valence-electron chi connectivity index (χ2n) is 3.83. The van der Waals surface area contributed by atoms with Gasteiger partial charge in [-0.2, -0.15) is 4.98 Å². The van der Waals surface area contributed by atoms with Gasteiger partial charge in [-0.15, -0.1) is 0 Å². The van der Waals surface area contributed by atoms with Gasteiger partial charge in [-0.25, -0.2) is 4.98 Å². The summed E-state index contributed by atoms with van der Waals surface area (Å²) >= 11 is 0. The molecule has 0 aromatic carbocycles. The molecule has 1 aromatic heterocycles. The van der Waals surface area contributed by atoms with Crippen molar-refractivity contribution in [2.75, 3.05) is 23.8 Å². The highest BCUT2D eigenvalue weighted by Gasteiger charge is 2.13. The number of rotatable bonds is 4. The monoisotopic (exact) mass is 208 g/mol. The highest BCUT2D eigenvalue weighted by Crippen LogP contribution is 2.19. The van der Waals surface area contributed by atoms with Crippen LogP contribution in [0.2, 0.25) is 0 Å². The molecule has 0 bridgehead atoms. The van der Waals surface area contributed by atoms with E-state index < -0.39 is 0 Å². The van der Waals surface area contributed by atoms with Crippen molar-refractivity contribution < 1.29 is 0 Å². The van der Waals surface area contributed by atoms with Gasteiger partial charge in [0.2, 0.25) is 5.95 Å². The molecule has 0 unspecified atom stereocenters. The second kappa shape index (κ2) is 4.96. The van der Waals surface area contributed by atoms with Crippen LogP contribution in [0.3, 0.4) is 0 Å². The number of aryl methyl sites for hydroxylation is 1. The highest BCUT2D eigenvalue weighted by atomic mass is 15.2. The number of nitrogens with one attached hydrogen (secondary N) is 1. The number of nitrogens with zero attached hydrogens (tertiary/aromatic N) is 3. The lowest BCUT2D eigenvalue weighted by molar-refractivity contribution is 0.690. The van der Waals surface area contributed by atoms with E-state index in [9.17, 15) is 0 Å². The lowest BCUT2D eigenvalue weighted by Crippen LogP contribution is -2.32. The molecule has 0 saturated heterocycles. The first-order valence-corrected chi connectivity index (χ1v) is 5.38. The molecule has 0 radical (unpaired) electrons. The Hall–Kier alpha value is -1.32. The van der Waals surface area contributed by atoms with Crippen LogP contribution in [-0.4, -0.2) is 29.6 Å². The van der Waals surface area contributed by atoms with Crippen molar-refractivity contribution in [3.63, 3.8) is 0 Å². The molecule has 0 atom stereocenters. The summed E-state index contributed by atoms with van der Waals surface area (Å²) in [5.74, 6) is 1.70. The summed E-state index contributed by atoms with van der Waals surface area (Å²) in [5, 5.41) is 2.96. The molecule has 0 aliphatic rings. The van der Waals surface area contributed by atoms with E-state index in [0.717, 1.165) is 17.9 Å². The van der Waals surface area contributed by atoms with Crippen LogP contribution in [0.5, 0.6) is 0 Å². The van der Waals surface area contributed by atoms with Crippen molar-refractivity contribution in [2.45, 2.75) is 33.7 Å². The van der Waals surface area contributed by atoms with Gasteiger partial charge >= 0.3 is 0 Å². The van der Waals surface area contributed by atoms with Crippen LogP contribution in [0.15, 0.2) is 6.20 Å². The zero-order valence-electron chi connectivity index (χ0n) is 10.2. The first-order chi connectivity index (χ1) is 7.10. The Morgan fingerprint density at radius 2 is 2.13 bits per heavy atom. The highest BCUT2D eigenvalue weighted by molar-refractivity contribution is 5.49. The van der Waals surface area contributed by atoms with E-state index in [0.29, 0.717) is 12.0 Å². The molecule has 1 rings (SSSR count). The Balaban J connectivity index is 3.09. The molecule has 84 valence electrons. The van der Waals surface area contributed by atoms with Gasteiger partial charge in [-0.05, 0) is 27.7 Å². The van der Waals surface area contributed by atoms with Crippen LogP contribution < -0.4 is 10.2 Å². The Labute approximate surface area is 91.7 Å². The van der Waals surface area contributed by atoms with E-state index >= 15 is 0 Å². The molecular formula is C11H20N4. The van der Waals surface area contributed by atoms with Crippen molar-refractivity contribution in [1.29, 1.82) is 0 Å². The lowest BCUT2D eigenvalue weighted by atomic mass is 10.2. The van der Waals surface area contributed by atoms with Gasteiger partial charge < -0.3 is 10.2 Å². The van der Waals surface area contributed by atoms with Crippen molar-refractivity contribution in [2.24, 2.45) is 0 Å². The zero-order chi connectivity index (χ0) is 11.4. The molecule has 1 N–H and O–H groups in total. The van der Waals surface area contributed by atoms with E-state index in [1.807, 2.05) is 20.2 Å². The minimum atomic E-state index is 0.452. The largest absolute Gasteiger partial charge is 0.357 e. The first kappa shape index (κ1) is 11.8. The maximum absolute atomic E-state index is 4.49. The maximum atomic E-state index is 4.49. The SMILES string of the molecule is CCN(c1nc(NC)ncc1C)C(C)C. The third-order valence-corrected chi connectivity index (χ3v) is 2.40. The molecule has 4 heteroatoms. The number of aromatic nitrogens is 2. The van der Waals surface area contributed by atoms with Crippen molar-refractivity contribution in [3.8, 4) is 0 Å². The molecule has 0 aliphatic carbocycles. The van der Waals surface area contributed by atoms with Crippen LogP contribution in [0.25, 0.3) is 0 Å². The second-order valence-corrected chi connectivity index (χ2v) is 3.83. The fourth-order valence-corrected chi connectivity index (χ4v) is 1.60. The minimum absolute atomic E-state index is 0.452. The predicted octanol–water partition coefficient (Wildman–Crippen LogP) is 2.06. The smallest absolute Gasteiger partial charge is 0.224 e. The molecule has 1 aromatic rings. The Morgan fingerprint density at radius 3 is 2.60 bits per heavy atom. The molecule has 0 fully saturated rings. The van der Waals surface area contributed by atoms with Crippen LogP contribution in [0, 0.1) is 6.92 Å². The summed E-state index contributed by atoms with van der Waals surface area (Å²) in [6.45, 7) is 9.48. The van der Waals surface area contributed by atoms with Gasteiger partial charge in [-0.1, -0.05) is 0 Å². The van der Waals surface area contributed by atoms with Gasteiger partial charge in [0.05, 0.1) is 0 Å². The predicted molar refractivity (Wildman–Crippen MR) is 64.5 cm³/mol. The van der Waals surface area contributed by atoms with Crippen LogP contribution in [0.4, 0.5) is 11.8 Å². The van der Waals surface area contributed by atoms with Crippen LogP contribution >= 0.6 is 0 Å². The zero-order valence-corrected chi connectivity index (χ0v) is 10.2. The van der Waals surface area contributed by atoms with Gasteiger partial charge in [-0.3, -0.25) is 0 Å². The van der Waals surface area contributed by atoms with Crippen LogP contribution in [0.1, 0.15) is 26.3 Å². The average Bonchev–Trinajstić information content (AvgIpc) is 2.21. The number of anilines is 2. The van der Waals surface area contributed by atoms with E-state index in [-0.39, 0.29) is 0 Å². The molecule has 1 heterocycles. The minimum Gasteiger partial charge on any atom is -0.357 e. The van der Waals surface area contributed by atoms with Crippen molar-refractivity contribution in [3.05, 3.63) is 11.8 Å². The number of hydrogen-bond acceptors (Lipinski definition) is 4. The number of hydrogen-bond donors (Lipinski definition) is 1. The van der Waals surface area contributed by atoms with Gasteiger partial charge in [0, 0.05) is 31.4 Å². The molecule has 0 spiro atoms. The van der Waals surface area contributed by atoms with E-state index in [4.69, 9.17) is 0 Å². The fourth-order valence-electron chi connectivity index (χ4n) is 1.60. The molecule has 0 saturated carbocycles. The topological polar surface area (TPSA) is 41.1 Å². The quantitative estimate of drug-likeness (QED) is 0.822. The molecular weight excluding hydrogens is 188 g/mol. The maximum Gasteiger partial charge on any atom is 0.224 e. The van der Waals surface area contributed by atoms with E-state index in [2.05, 4.69) is 41.0 Å². The average molecular weight is 208 g/mol. The lowest BCUT2D eigenvalue weighted by Gasteiger charge is -2.27. The summed E-state index contributed by atoms with van der Waals surface area (Å²) < 4.78 is 0. The Kier molecular flexibility index (Phi) is 3.88. The third kappa shape index (κ3) is 2.58. The van der Waals surface area contributed by atoms with Crippen molar-refractivity contribution in [1.82, 2.24) is 9.97 Å². The molecule has 0 aliphatic heterocycles. The molecule has 15 heavy (non-hydrogen) atoms.